The van der Waals surface area contributed by atoms with E-state index in [2.05, 4.69) is 27.3 Å². The number of nitrogens with zero attached hydrogens (tertiary/aromatic N) is 4. The topological polar surface area (TPSA) is 91.2 Å². The largest absolute Gasteiger partial charge is 0.493 e. The van der Waals surface area contributed by atoms with E-state index in [1.807, 2.05) is 45.0 Å². The Kier molecular flexibility index (Phi) is 6.12. The second-order valence-corrected chi connectivity index (χ2v) is 8.13. The number of carbonyl (C=O) groups excluding carboxylic acids is 1. The number of fused-ring (bicyclic) bond motifs is 1. The van der Waals surface area contributed by atoms with Gasteiger partial charge in [-0.2, -0.15) is 9.78 Å². The van der Waals surface area contributed by atoms with Crippen LogP contribution in [0.2, 0.25) is 0 Å². The molecule has 3 aromatic rings. The lowest BCUT2D eigenvalue weighted by atomic mass is 9.85. The van der Waals surface area contributed by atoms with Gasteiger partial charge in [0.25, 0.3) is 5.95 Å². The molecule has 32 heavy (non-hydrogen) atoms. The first-order valence-corrected chi connectivity index (χ1v) is 10.9. The molecule has 0 fully saturated rings. The number of amides is 1. The van der Waals surface area contributed by atoms with Crippen LogP contribution in [0.15, 0.2) is 24.3 Å². The highest BCUT2D eigenvalue weighted by atomic mass is 16.5. The molecule has 1 aliphatic heterocycles. The number of carbonyl (C=O) groups is 1. The smallest absolute Gasteiger partial charge is 0.252 e. The molecule has 1 atom stereocenters. The molecule has 1 amide bonds. The molecular weight excluding hydrogens is 406 g/mol. The molecule has 1 aliphatic rings. The number of benzene rings is 1. The van der Waals surface area contributed by atoms with E-state index in [9.17, 15) is 4.79 Å². The molecule has 0 aliphatic carbocycles. The Morgan fingerprint density at radius 2 is 1.88 bits per heavy atom. The number of hydrogen-bond acceptors (Lipinski definition) is 6. The van der Waals surface area contributed by atoms with Crippen molar-refractivity contribution >= 4 is 11.7 Å². The minimum atomic E-state index is -0.156. The average Bonchev–Trinajstić information content (AvgIpc) is 3.09. The van der Waals surface area contributed by atoms with Crippen LogP contribution >= 0.6 is 0 Å². The van der Waals surface area contributed by atoms with Gasteiger partial charge in [0.1, 0.15) is 5.82 Å². The lowest BCUT2D eigenvalue weighted by Crippen LogP contribution is -2.25. The first kappa shape index (κ1) is 21.8. The van der Waals surface area contributed by atoms with Gasteiger partial charge in [-0.3, -0.25) is 4.79 Å². The minimum absolute atomic E-state index is 0.0738. The van der Waals surface area contributed by atoms with E-state index in [-0.39, 0.29) is 11.8 Å². The summed E-state index contributed by atoms with van der Waals surface area (Å²) in [6.45, 7) is 8.55. The molecule has 8 heteroatoms. The van der Waals surface area contributed by atoms with Crippen LogP contribution in [0, 0.1) is 20.8 Å². The highest BCUT2D eigenvalue weighted by Crippen LogP contribution is 2.42. The van der Waals surface area contributed by atoms with Gasteiger partial charge in [0.15, 0.2) is 11.5 Å². The molecule has 0 unspecified atom stereocenters. The third-order valence-electron chi connectivity index (χ3n) is 5.61. The van der Waals surface area contributed by atoms with Crippen LogP contribution < -0.4 is 14.8 Å². The van der Waals surface area contributed by atoms with Gasteiger partial charge in [-0.1, -0.05) is 19.4 Å². The summed E-state index contributed by atoms with van der Waals surface area (Å²) in [5, 5.41) is 7.67. The summed E-state index contributed by atoms with van der Waals surface area (Å²) in [7, 11) is 1.63. The number of aryl methyl sites for hydroxylation is 3. The second-order valence-electron chi connectivity index (χ2n) is 8.13. The fraction of sp³-hybridized carbons (Fsp3) is 0.417. The molecule has 0 spiro atoms. The summed E-state index contributed by atoms with van der Waals surface area (Å²) < 4.78 is 13.1. The van der Waals surface area contributed by atoms with Gasteiger partial charge in [0.2, 0.25) is 5.91 Å². The Morgan fingerprint density at radius 1 is 1.12 bits per heavy atom. The van der Waals surface area contributed by atoms with Crippen molar-refractivity contribution in [2.45, 2.75) is 52.9 Å². The maximum atomic E-state index is 12.7. The number of anilines is 1. The standard InChI is InChI=1S/C24H29N5O3/c1-6-7-10-32-19-9-8-17(12-20(19)31-5)18-13-21(30)27-23-22(18)16(4)28-29(23)24-25-14(2)11-15(3)26-24/h8-9,11-12,18H,6-7,10,13H2,1-5H3,(H,27,30)/t18-/m1/s1. The Balaban J connectivity index is 1.76. The van der Waals surface area contributed by atoms with Crippen molar-refractivity contribution in [1.82, 2.24) is 19.7 Å². The maximum absolute atomic E-state index is 12.7. The van der Waals surface area contributed by atoms with Gasteiger partial charge in [0, 0.05) is 29.3 Å². The van der Waals surface area contributed by atoms with Crippen LogP contribution in [0.5, 0.6) is 11.5 Å². The zero-order valence-corrected chi connectivity index (χ0v) is 19.2. The van der Waals surface area contributed by atoms with Crippen molar-refractivity contribution in [3.05, 3.63) is 52.5 Å². The zero-order valence-electron chi connectivity index (χ0n) is 19.2. The first-order chi connectivity index (χ1) is 15.4. The SMILES string of the molecule is CCCCOc1ccc([C@H]2CC(=O)Nc3c2c(C)nn3-c2nc(C)cc(C)n2)cc1OC. The summed E-state index contributed by atoms with van der Waals surface area (Å²) in [4.78, 5) is 21.7. The summed E-state index contributed by atoms with van der Waals surface area (Å²) in [6, 6.07) is 7.78. The van der Waals surface area contributed by atoms with Crippen LogP contribution in [0.1, 0.15) is 60.3 Å². The van der Waals surface area contributed by atoms with Crippen LogP contribution in [0.3, 0.4) is 0 Å². The molecule has 0 saturated heterocycles. The van der Waals surface area contributed by atoms with Crippen molar-refractivity contribution in [2.24, 2.45) is 0 Å². The molecule has 0 bridgehead atoms. The number of rotatable bonds is 7. The molecule has 3 heterocycles. The molecule has 1 aromatic carbocycles. The van der Waals surface area contributed by atoms with E-state index in [0.717, 1.165) is 41.1 Å². The highest BCUT2D eigenvalue weighted by Gasteiger charge is 2.33. The average molecular weight is 436 g/mol. The van der Waals surface area contributed by atoms with Crippen molar-refractivity contribution in [3.63, 3.8) is 0 Å². The van der Waals surface area contributed by atoms with E-state index < -0.39 is 0 Å². The van der Waals surface area contributed by atoms with Gasteiger partial charge in [-0.15, -0.1) is 0 Å². The summed E-state index contributed by atoms with van der Waals surface area (Å²) in [5.74, 6) is 2.21. The monoisotopic (exact) mass is 435 g/mol. The van der Waals surface area contributed by atoms with E-state index in [1.54, 1.807) is 11.8 Å². The number of methoxy groups -OCH3 is 1. The Hall–Kier alpha value is -3.42. The first-order valence-electron chi connectivity index (χ1n) is 10.9. The minimum Gasteiger partial charge on any atom is -0.493 e. The molecule has 1 N–H and O–H groups in total. The quantitative estimate of drug-likeness (QED) is 0.558. The van der Waals surface area contributed by atoms with Crippen LogP contribution in [0.25, 0.3) is 5.95 Å². The van der Waals surface area contributed by atoms with E-state index in [4.69, 9.17) is 9.47 Å². The van der Waals surface area contributed by atoms with E-state index >= 15 is 0 Å². The Morgan fingerprint density at radius 3 is 2.56 bits per heavy atom. The number of unbranched alkanes of at least 4 members (excludes halogenated alkanes) is 1. The fourth-order valence-electron chi connectivity index (χ4n) is 4.13. The van der Waals surface area contributed by atoms with Gasteiger partial charge >= 0.3 is 0 Å². The van der Waals surface area contributed by atoms with Crippen molar-refractivity contribution in [2.75, 3.05) is 19.0 Å². The third kappa shape index (κ3) is 4.17. The van der Waals surface area contributed by atoms with E-state index in [1.165, 1.54) is 0 Å². The second kappa shape index (κ2) is 8.98. The van der Waals surface area contributed by atoms with Gasteiger partial charge in [0.05, 0.1) is 19.4 Å². The van der Waals surface area contributed by atoms with Crippen LogP contribution in [0.4, 0.5) is 5.82 Å². The number of aromatic nitrogens is 4. The number of nitrogens with one attached hydrogen (secondary N) is 1. The number of hydrogen-bond donors (Lipinski definition) is 1. The molecule has 8 nitrogen and oxygen atoms in total. The van der Waals surface area contributed by atoms with E-state index in [0.29, 0.717) is 36.3 Å². The normalized spacial score (nSPS) is 15.3. The predicted molar refractivity (Wildman–Crippen MR) is 122 cm³/mol. The lowest BCUT2D eigenvalue weighted by Gasteiger charge is -2.25. The lowest BCUT2D eigenvalue weighted by molar-refractivity contribution is -0.116. The van der Waals surface area contributed by atoms with Crippen molar-refractivity contribution < 1.29 is 14.3 Å². The van der Waals surface area contributed by atoms with Gasteiger partial charge < -0.3 is 14.8 Å². The fourth-order valence-corrected chi connectivity index (χ4v) is 4.13. The highest BCUT2D eigenvalue weighted by molar-refractivity contribution is 5.95. The van der Waals surface area contributed by atoms with Crippen molar-refractivity contribution in [1.29, 1.82) is 0 Å². The zero-order chi connectivity index (χ0) is 22.8. The molecule has 0 saturated carbocycles. The summed E-state index contributed by atoms with van der Waals surface area (Å²) in [5.41, 5.74) is 4.46. The van der Waals surface area contributed by atoms with Crippen molar-refractivity contribution in [3.8, 4) is 17.4 Å². The molecule has 168 valence electrons. The summed E-state index contributed by atoms with van der Waals surface area (Å²) >= 11 is 0. The summed E-state index contributed by atoms with van der Waals surface area (Å²) in [6.07, 6.45) is 2.37. The molecule has 0 radical (unpaired) electrons. The van der Waals surface area contributed by atoms with Crippen LogP contribution in [-0.4, -0.2) is 39.4 Å². The molecule has 2 aromatic heterocycles. The van der Waals surface area contributed by atoms with Crippen LogP contribution in [-0.2, 0) is 4.79 Å². The maximum Gasteiger partial charge on any atom is 0.252 e. The Bertz CT molecular complexity index is 1130. The van der Waals surface area contributed by atoms with Gasteiger partial charge in [-0.05, 0) is 51.0 Å². The predicted octanol–water partition coefficient (Wildman–Crippen LogP) is 4.25. The third-order valence-corrected chi connectivity index (χ3v) is 5.61. The molecular formula is C24H29N5O3. The number of ether oxygens (including phenoxy) is 2. The van der Waals surface area contributed by atoms with Gasteiger partial charge in [-0.25, -0.2) is 9.97 Å². The molecule has 4 rings (SSSR count). The Labute approximate surface area is 188 Å².